The Bertz CT molecular complexity index is 518. The van der Waals surface area contributed by atoms with Gasteiger partial charge in [0.1, 0.15) is 12.1 Å². The highest BCUT2D eigenvalue weighted by atomic mass is 32.1. The Balaban J connectivity index is 2.60. The third kappa shape index (κ3) is 1.85. The first-order chi connectivity index (χ1) is 7.61. The fourth-order valence-corrected chi connectivity index (χ4v) is 2.88. The first-order valence-electron chi connectivity index (χ1n) is 5.29. The van der Waals surface area contributed by atoms with Crippen LogP contribution in [0.1, 0.15) is 32.4 Å². The van der Waals surface area contributed by atoms with Crippen molar-refractivity contribution in [1.82, 2.24) is 9.97 Å². The van der Waals surface area contributed by atoms with Crippen molar-refractivity contribution in [3.05, 3.63) is 23.5 Å². The second-order valence-electron chi connectivity index (χ2n) is 4.23. The van der Waals surface area contributed by atoms with Gasteiger partial charge in [-0.25, -0.2) is 9.97 Å². The fourth-order valence-electron chi connectivity index (χ4n) is 2.01. The van der Waals surface area contributed by atoms with Crippen molar-refractivity contribution in [3.8, 4) is 0 Å². The third-order valence-electron chi connectivity index (χ3n) is 2.67. The second kappa shape index (κ2) is 4.29. The van der Waals surface area contributed by atoms with Crippen molar-refractivity contribution in [2.24, 2.45) is 5.92 Å². The van der Waals surface area contributed by atoms with Gasteiger partial charge in [-0.05, 0) is 24.3 Å². The predicted octanol–water partition coefficient (Wildman–Crippen LogP) is 3.02. The number of carbonyl (C=O) groups excluding carboxylic acids is 1. The molecule has 0 fully saturated rings. The number of fused-ring (bicyclic) bond motifs is 1. The van der Waals surface area contributed by atoms with Gasteiger partial charge in [-0.3, -0.25) is 4.79 Å². The van der Waals surface area contributed by atoms with Gasteiger partial charge >= 0.3 is 0 Å². The molecule has 1 unspecified atom stereocenters. The Hall–Kier alpha value is -1.29. The van der Waals surface area contributed by atoms with E-state index in [2.05, 4.69) is 9.97 Å². The van der Waals surface area contributed by atoms with E-state index in [0.29, 0.717) is 0 Å². The van der Waals surface area contributed by atoms with Crippen molar-refractivity contribution in [2.75, 3.05) is 0 Å². The van der Waals surface area contributed by atoms with E-state index in [0.717, 1.165) is 15.9 Å². The van der Waals surface area contributed by atoms with Crippen LogP contribution in [0.2, 0.25) is 0 Å². The monoisotopic (exact) mass is 234 g/mol. The minimum atomic E-state index is -0.121. The molecule has 2 heterocycles. The number of ketones is 1. The third-order valence-corrected chi connectivity index (χ3v) is 3.60. The largest absolute Gasteiger partial charge is 0.299 e. The van der Waals surface area contributed by atoms with Crippen molar-refractivity contribution in [3.63, 3.8) is 0 Å². The summed E-state index contributed by atoms with van der Waals surface area (Å²) in [6, 6.07) is 1.96. The maximum atomic E-state index is 11.7. The van der Waals surface area contributed by atoms with Crippen LogP contribution in [0.4, 0.5) is 0 Å². The molecule has 0 aliphatic heterocycles. The number of rotatable bonds is 3. The molecule has 0 aliphatic carbocycles. The summed E-state index contributed by atoms with van der Waals surface area (Å²) in [7, 11) is 0. The molecule has 0 bridgehead atoms. The number of carbonyl (C=O) groups is 1. The van der Waals surface area contributed by atoms with Crippen LogP contribution in [0.5, 0.6) is 0 Å². The van der Waals surface area contributed by atoms with E-state index < -0.39 is 0 Å². The SMILES string of the molecule is CC(=O)C(c1ncnc2ccsc12)C(C)C. The summed E-state index contributed by atoms with van der Waals surface area (Å²) in [5, 5.41) is 1.99. The lowest BCUT2D eigenvalue weighted by atomic mass is 9.89. The van der Waals surface area contributed by atoms with Crippen molar-refractivity contribution >= 4 is 27.3 Å². The Morgan fingerprint density at radius 3 is 2.75 bits per heavy atom. The molecule has 16 heavy (non-hydrogen) atoms. The minimum Gasteiger partial charge on any atom is -0.299 e. The molecule has 0 saturated heterocycles. The lowest BCUT2D eigenvalue weighted by Crippen LogP contribution is -2.16. The maximum absolute atomic E-state index is 11.7. The van der Waals surface area contributed by atoms with Crippen LogP contribution in [0.25, 0.3) is 10.2 Å². The molecule has 4 heteroatoms. The summed E-state index contributed by atoms with van der Waals surface area (Å²) >= 11 is 1.60. The van der Waals surface area contributed by atoms with Crippen LogP contribution in [0, 0.1) is 5.92 Å². The maximum Gasteiger partial charge on any atom is 0.139 e. The van der Waals surface area contributed by atoms with Crippen LogP contribution in [0.15, 0.2) is 17.8 Å². The van der Waals surface area contributed by atoms with Crippen molar-refractivity contribution < 1.29 is 4.79 Å². The molecule has 0 spiro atoms. The molecule has 84 valence electrons. The number of Topliss-reactive ketones (excluding diaryl/α,β-unsaturated/α-hetero) is 1. The van der Waals surface area contributed by atoms with Crippen LogP contribution in [-0.4, -0.2) is 15.8 Å². The Kier molecular flexibility index (Phi) is 3.01. The molecule has 2 rings (SSSR count). The summed E-state index contributed by atoms with van der Waals surface area (Å²) in [6.45, 7) is 5.73. The predicted molar refractivity (Wildman–Crippen MR) is 65.7 cm³/mol. The topological polar surface area (TPSA) is 42.9 Å². The van der Waals surface area contributed by atoms with Crippen LogP contribution in [0.3, 0.4) is 0 Å². The van der Waals surface area contributed by atoms with Crippen molar-refractivity contribution in [1.29, 1.82) is 0 Å². The van der Waals surface area contributed by atoms with Crippen LogP contribution >= 0.6 is 11.3 Å². The van der Waals surface area contributed by atoms with Gasteiger partial charge in [0.15, 0.2) is 0 Å². The van der Waals surface area contributed by atoms with Gasteiger partial charge in [-0.2, -0.15) is 0 Å². The van der Waals surface area contributed by atoms with Crippen LogP contribution < -0.4 is 0 Å². The summed E-state index contributed by atoms with van der Waals surface area (Å²) in [5.41, 5.74) is 1.81. The van der Waals surface area contributed by atoms with E-state index in [1.165, 1.54) is 0 Å². The molecule has 3 nitrogen and oxygen atoms in total. The molecule has 0 saturated carbocycles. The normalized spacial score (nSPS) is 13.2. The van der Waals surface area contributed by atoms with Gasteiger partial charge in [0, 0.05) is 0 Å². The van der Waals surface area contributed by atoms with Gasteiger partial charge in [-0.1, -0.05) is 13.8 Å². The number of thiophene rings is 1. The molecule has 0 N–H and O–H groups in total. The highest BCUT2D eigenvalue weighted by molar-refractivity contribution is 7.17. The quantitative estimate of drug-likeness (QED) is 0.819. The second-order valence-corrected chi connectivity index (χ2v) is 5.14. The summed E-state index contributed by atoms with van der Waals surface area (Å²) in [5.74, 6) is 0.310. The zero-order valence-corrected chi connectivity index (χ0v) is 10.4. The zero-order chi connectivity index (χ0) is 11.7. The van der Waals surface area contributed by atoms with E-state index in [9.17, 15) is 4.79 Å². The average molecular weight is 234 g/mol. The van der Waals surface area contributed by atoms with Gasteiger partial charge in [0.05, 0.1) is 21.8 Å². The van der Waals surface area contributed by atoms with Gasteiger partial charge in [-0.15, -0.1) is 11.3 Å². The van der Waals surface area contributed by atoms with Crippen LogP contribution in [-0.2, 0) is 4.79 Å². The average Bonchev–Trinajstić information content (AvgIpc) is 2.65. The van der Waals surface area contributed by atoms with Gasteiger partial charge in [0.25, 0.3) is 0 Å². The Morgan fingerprint density at radius 2 is 2.12 bits per heavy atom. The molecule has 0 amide bonds. The van der Waals surface area contributed by atoms with Gasteiger partial charge < -0.3 is 0 Å². The van der Waals surface area contributed by atoms with E-state index in [1.54, 1.807) is 24.6 Å². The van der Waals surface area contributed by atoms with E-state index in [-0.39, 0.29) is 17.6 Å². The summed E-state index contributed by atoms with van der Waals surface area (Å²) < 4.78 is 1.04. The molecule has 1 atom stereocenters. The van der Waals surface area contributed by atoms with E-state index in [1.807, 2.05) is 25.3 Å². The molecular formula is C12H14N2OS. The van der Waals surface area contributed by atoms with Gasteiger partial charge in [0.2, 0.25) is 0 Å². The Labute approximate surface area is 98.5 Å². The first-order valence-corrected chi connectivity index (χ1v) is 6.17. The highest BCUT2D eigenvalue weighted by Crippen LogP contribution is 2.31. The molecule has 2 aromatic heterocycles. The molecular weight excluding hydrogens is 220 g/mol. The fraction of sp³-hybridized carbons (Fsp3) is 0.417. The highest BCUT2D eigenvalue weighted by Gasteiger charge is 2.24. The Morgan fingerprint density at radius 1 is 1.38 bits per heavy atom. The molecule has 0 radical (unpaired) electrons. The van der Waals surface area contributed by atoms with E-state index >= 15 is 0 Å². The number of hydrogen-bond acceptors (Lipinski definition) is 4. The lowest BCUT2D eigenvalue weighted by Gasteiger charge is -2.17. The molecule has 2 aromatic rings. The van der Waals surface area contributed by atoms with Crippen molar-refractivity contribution in [2.45, 2.75) is 26.7 Å². The van der Waals surface area contributed by atoms with E-state index in [4.69, 9.17) is 0 Å². The number of hydrogen-bond donors (Lipinski definition) is 0. The first kappa shape index (κ1) is 11.2. The summed E-state index contributed by atoms with van der Waals surface area (Å²) in [6.07, 6.45) is 1.54. The lowest BCUT2D eigenvalue weighted by molar-refractivity contribution is -0.119. The smallest absolute Gasteiger partial charge is 0.139 e. The minimum absolute atomic E-state index is 0.121. The summed E-state index contributed by atoms with van der Waals surface area (Å²) in [4.78, 5) is 20.2. The number of aromatic nitrogens is 2. The molecule has 0 aromatic carbocycles. The standard InChI is InChI=1S/C12H14N2OS/c1-7(2)10(8(3)15)11-12-9(4-5-16-12)13-6-14-11/h4-7,10H,1-3H3. The zero-order valence-electron chi connectivity index (χ0n) is 9.60. The molecule has 0 aliphatic rings. The number of nitrogens with zero attached hydrogens (tertiary/aromatic N) is 2.